The molecule has 1 atom stereocenters. The first-order valence-corrected chi connectivity index (χ1v) is 12.3. The van der Waals surface area contributed by atoms with E-state index in [9.17, 15) is 14.4 Å². The SMILES string of the molecule is CCCCCCCCCCCCOC(=O)CC1C(=O)NCCN1C(=O)CCCCC. The maximum Gasteiger partial charge on any atom is 0.308 e. The highest BCUT2D eigenvalue weighted by Crippen LogP contribution is 2.14. The minimum Gasteiger partial charge on any atom is -0.466 e. The van der Waals surface area contributed by atoms with Crippen molar-refractivity contribution in [3.8, 4) is 0 Å². The predicted octanol–water partition coefficient (Wildman–Crippen LogP) is 4.75. The van der Waals surface area contributed by atoms with Gasteiger partial charge in [-0.15, -0.1) is 0 Å². The highest BCUT2D eigenvalue weighted by atomic mass is 16.5. The molecule has 1 heterocycles. The lowest BCUT2D eigenvalue weighted by Crippen LogP contribution is -2.57. The number of unbranched alkanes of at least 4 members (excludes halogenated alkanes) is 11. The van der Waals surface area contributed by atoms with Crippen LogP contribution in [0, 0.1) is 0 Å². The van der Waals surface area contributed by atoms with Crippen molar-refractivity contribution in [3.63, 3.8) is 0 Å². The average molecular weight is 425 g/mol. The summed E-state index contributed by atoms with van der Waals surface area (Å²) >= 11 is 0. The van der Waals surface area contributed by atoms with Gasteiger partial charge in [0.1, 0.15) is 6.04 Å². The van der Waals surface area contributed by atoms with E-state index >= 15 is 0 Å². The third kappa shape index (κ3) is 11.6. The summed E-state index contributed by atoms with van der Waals surface area (Å²) in [6.45, 7) is 5.64. The Morgan fingerprint density at radius 3 is 2.10 bits per heavy atom. The first-order chi connectivity index (χ1) is 14.6. The number of hydrogen-bond acceptors (Lipinski definition) is 4. The molecule has 0 radical (unpaired) electrons. The summed E-state index contributed by atoms with van der Waals surface area (Å²) in [6, 6.07) is -0.729. The Morgan fingerprint density at radius 2 is 1.47 bits per heavy atom. The fourth-order valence-corrected chi connectivity index (χ4v) is 3.88. The van der Waals surface area contributed by atoms with Crippen LogP contribution in [0.4, 0.5) is 0 Å². The van der Waals surface area contributed by atoms with Crippen molar-refractivity contribution in [3.05, 3.63) is 0 Å². The Labute approximate surface area is 183 Å². The van der Waals surface area contributed by atoms with E-state index in [0.29, 0.717) is 26.1 Å². The van der Waals surface area contributed by atoms with E-state index in [1.807, 2.05) is 0 Å². The van der Waals surface area contributed by atoms with Gasteiger partial charge >= 0.3 is 5.97 Å². The van der Waals surface area contributed by atoms with Crippen LogP contribution in [0.3, 0.4) is 0 Å². The van der Waals surface area contributed by atoms with E-state index in [0.717, 1.165) is 32.1 Å². The van der Waals surface area contributed by atoms with E-state index < -0.39 is 6.04 Å². The Kier molecular flexibility index (Phi) is 15.1. The number of carbonyl (C=O) groups is 3. The standard InChI is InChI=1S/C24H44N2O4/c1-3-5-7-8-9-10-11-12-13-15-19-30-23(28)20-21-24(29)25-17-18-26(21)22(27)16-14-6-4-2/h21H,3-20H2,1-2H3,(H,25,29). The fraction of sp³-hybridized carbons (Fsp3) is 0.875. The van der Waals surface area contributed by atoms with Gasteiger partial charge in [-0.25, -0.2) is 0 Å². The number of esters is 1. The first-order valence-electron chi connectivity index (χ1n) is 12.3. The highest BCUT2D eigenvalue weighted by Gasteiger charge is 2.34. The molecular formula is C24H44N2O4. The van der Waals surface area contributed by atoms with Crippen LogP contribution in [-0.2, 0) is 19.1 Å². The van der Waals surface area contributed by atoms with Crippen molar-refractivity contribution in [2.24, 2.45) is 0 Å². The smallest absolute Gasteiger partial charge is 0.308 e. The molecule has 6 nitrogen and oxygen atoms in total. The molecule has 1 N–H and O–H groups in total. The molecule has 0 aliphatic carbocycles. The zero-order valence-corrected chi connectivity index (χ0v) is 19.4. The Bertz CT molecular complexity index is 496. The van der Waals surface area contributed by atoms with Gasteiger partial charge in [-0.05, 0) is 12.8 Å². The van der Waals surface area contributed by atoms with Crippen LogP contribution in [0.5, 0.6) is 0 Å². The van der Waals surface area contributed by atoms with E-state index in [1.54, 1.807) is 4.90 Å². The second kappa shape index (κ2) is 17.1. The Morgan fingerprint density at radius 1 is 0.900 bits per heavy atom. The Hall–Kier alpha value is -1.59. The van der Waals surface area contributed by atoms with Gasteiger partial charge in [0, 0.05) is 19.5 Å². The topological polar surface area (TPSA) is 75.7 Å². The highest BCUT2D eigenvalue weighted by molar-refractivity contribution is 5.91. The molecule has 0 bridgehead atoms. The molecule has 6 heteroatoms. The molecule has 1 saturated heterocycles. The van der Waals surface area contributed by atoms with E-state index in [1.165, 1.54) is 51.4 Å². The van der Waals surface area contributed by atoms with Gasteiger partial charge in [-0.2, -0.15) is 0 Å². The van der Waals surface area contributed by atoms with Gasteiger partial charge in [0.05, 0.1) is 13.0 Å². The number of nitrogens with zero attached hydrogens (tertiary/aromatic N) is 1. The van der Waals surface area contributed by atoms with Crippen molar-refractivity contribution in [2.45, 2.75) is 116 Å². The number of piperazine rings is 1. The minimum absolute atomic E-state index is 0.0363. The van der Waals surface area contributed by atoms with Crippen molar-refractivity contribution in [1.82, 2.24) is 10.2 Å². The summed E-state index contributed by atoms with van der Waals surface area (Å²) < 4.78 is 5.33. The van der Waals surface area contributed by atoms with Crippen LogP contribution in [0.15, 0.2) is 0 Å². The third-order valence-electron chi connectivity index (χ3n) is 5.77. The van der Waals surface area contributed by atoms with Gasteiger partial charge in [-0.3, -0.25) is 14.4 Å². The number of nitrogens with one attached hydrogen (secondary N) is 1. The largest absolute Gasteiger partial charge is 0.466 e. The van der Waals surface area contributed by atoms with E-state index in [-0.39, 0.29) is 24.2 Å². The first kappa shape index (κ1) is 26.4. The predicted molar refractivity (Wildman–Crippen MR) is 120 cm³/mol. The summed E-state index contributed by atoms with van der Waals surface area (Å²) in [4.78, 5) is 38.5. The summed E-state index contributed by atoms with van der Waals surface area (Å²) in [5.41, 5.74) is 0. The molecule has 174 valence electrons. The zero-order valence-electron chi connectivity index (χ0n) is 19.4. The average Bonchev–Trinajstić information content (AvgIpc) is 2.73. The minimum atomic E-state index is -0.729. The second-order valence-electron chi connectivity index (χ2n) is 8.46. The molecule has 1 fully saturated rings. The number of hydrogen-bond donors (Lipinski definition) is 1. The monoisotopic (exact) mass is 424 g/mol. The molecular weight excluding hydrogens is 380 g/mol. The normalized spacial score (nSPS) is 16.4. The van der Waals surface area contributed by atoms with Gasteiger partial charge in [-0.1, -0.05) is 84.5 Å². The molecule has 30 heavy (non-hydrogen) atoms. The quantitative estimate of drug-likeness (QED) is 0.270. The van der Waals surface area contributed by atoms with Crippen LogP contribution < -0.4 is 5.32 Å². The van der Waals surface area contributed by atoms with Crippen LogP contribution in [0.1, 0.15) is 110 Å². The molecule has 1 aliphatic heterocycles. The van der Waals surface area contributed by atoms with E-state index in [4.69, 9.17) is 4.74 Å². The number of carbonyl (C=O) groups excluding carboxylic acids is 3. The number of ether oxygens (including phenoxy) is 1. The van der Waals surface area contributed by atoms with Crippen LogP contribution in [-0.4, -0.2) is 48.4 Å². The molecule has 0 aromatic rings. The lowest BCUT2D eigenvalue weighted by Gasteiger charge is -2.34. The molecule has 2 amide bonds. The maximum absolute atomic E-state index is 12.5. The van der Waals surface area contributed by atoms with E-state index in [2.05, 4.69) is 19.2 Å². The summed E-state index contributed by atoms with van der Waals surface area (Å²) in [6.07, 6.45) is 15.5. The van der Waals surface area contributed by atoms with Crippen LogP contribution in [0.2, 0.25) is 0 Å². The van der Waals surface area contributed by atoms with Crippen molar-refractivity contribution >= 4 is 17.8 Å². The number of rotatable bonds is 17. The van der Waals surface area contributed by atoms with Gasteiger partial charge in [0.2, 0.25) is 11.8 Å². The van der Waals surface area contributed by atoms with Crippen molar-refractivity contribution in [2.75, 3.05) is 19.7 Å². The van der Waals surface area contributed by atoms with Crippen LogP contribution >= 0.6 is 0 Å². The molecule has 0 aromatic carbocycles. The molecule has 1 unspecified atom stereocenters. The third-order valence-corrected chi connectivity index (χ3v) is 5.77. The second-order valence-corrected chi connectivity index (χ2v) is 8.46. The number of amides is 2. The molecule has 1 aliphatic rings. The fourth-order valence-electron chi connectivity index (χ4n) is 3.88. The lowest BCUT2D eigenvalue weighted by molar-refractivity contribution is -0.152. The van der Waals surface area contributed by atoms with Gasteiger partial charge in [0.25, 0.3) is 0 Å². The molecule has 0 spiro atoms. The zero-order chi connectivity index (χ0) is 22.0. The molecule has 0 aromatic heterocycles. The summed E-state index contributed by atoms with van der Waals surface area (Å²) in [5, 5.41) is 2.76. The van der Waals surface area contributed by atoms with Crippen molar-refractivity contribution < 1.29 is 19.1 Å². The van der Waals surface area contributed by atoms with Crippen LogP contribution in [0.25, 0.3) is 0 Å². The maximum atomic E-state index is 12.5. The molecule has 1 rings (SSSR count). The van der Waals surface area contributed by atoms with Crippen molar-refractivity contribution in [1.29, 1.82) is 0 Å². The molecule has 0 saturated carbocycles. The lowest BCUT2D eigenvalue weighted by atomic mass is 10.1. The Balaban J connectivity index is 2.18. The van der Waals surface area contributed by atoms with Gasteiger partial charge in [0.15, 0.2) is 0 Å². The summed E-state index contributed by atoms with van der Waals surface area (Å²) in [5.74, 6) is -0.675. The van der Waals surface area contributed by atoms with Gasteiger partial charge < -0.3 is 15.0 Å². The summed E-state index contributed by atoms with van der Waals surface area (Å²) in [7, 11) is 0.